The first-order chi connectivity index (χ1) is 5.70. The molecule has 1 rings (SSSR count). The molecule has 0 bridgehead atoms. The number of nitrogens with zero attached hydrogens (tertiary/aromatic N) is 1. The van der Waals surface area contributed by atoms with E-state index in [2.05, 4.69) is 9.97 Å². The molecule has 0 aromatic carbocycles. The van der Waals surface area contributed by atoms with E-state index in [1.807, 2.05) is 5.32 Å². The molecule has 1 amide bonds. The van der Waals surface area contributed by atoms with Crippen molar-refractivity contribution in [1.29, 1.82) is 0 Å². The Morgan fingerprint density at radius 2 is 2.50 bits per heavy atom. The van der Waals surface area contributed by atoms with Crippen LogP contribution in [0.5, 0.6) is 0 Å². The molecule has 0 radical (unpaired) electrons. The quantitative estimate of drug-likeness (QED) is 0.698. The van der Waals surface area contributed by atoms with E-state index in [0.717, 1.165) is 0 Å². The van der Waals surface area contributed by atoms with E-state index < -0.39 is 18.9 Å². The summed E-state index contributed by atoms with van der Waals surface area (Å²) >= 11 is 0. The summed E-state index contributed by atoms with van der Waals surface area (Å²) in [5, 5.41) is 2.02. The van der Waals surface area contributed by atoms with Crippen molar-refractivity contribution in [2.45, 2.75) is 6.43 Å². The van der Waals surface area contributed by atoms with Crippen LogP contribution < -0.4 is 5.32 Å². The zero-order chi connectivity index (χ0) is 8.97. The predicted octanol–water partition coefficient (Wildman–Crippen LogP) is 0.405. The fourth-order valence-electron chi connectivity index (χ4n) is 0.645. The summed E-state index contributed by atoms with van der Waals surface area (Å²) < 4.78 is 23.2. The third kappa shape index (κ3) is 2.30. The van der Waals surface area contributed by atoms with Crippen molar-refractivity contribution in [2.24, 2.45) is 0 Å². The second kappa shape index (κ2) is 3.80. The molecule has 0 saturated carbocycles. The Morgan fingerprint density at radius 3 is 3.00 bits per heavy atom. The SMILES string of the molecule is O=C(NCC(F)F)c1cnc[nH]1. The van der Waals surface area contributed by atoms with Crippen molar-refractivity contribution in [1.82, 2.24) is 15.3 Å². The number of amides is 1. The van der Waals surface area contributed by atoms with Crippen LogP contribution in [0.1, 0.15) is 10.5 Å². The molecule has 0 atom stereocenters. The molecule has 6 heteroatoms. The van der Waals surface area contributed by atoms with Gasteiger partial charge in [0.1, 0.15) is 5.69 Å². The Labute approximate surface area is 67.0 Å². The van der Waals surface area contributed by atoms with Gasteiger partial charge < -0.3 is 10.3 Å². The van der Waals surface area contributed by atoms with Crippen molar-refractivity contribution in [3.05, 3.63) is 18.2 Å². The number of hydrogen-bond acceptors (Lipinski definition) is 2. The lowest BCUT2D eigenvalue weighted by molar-refractivity contribution is 0.0887. The van der Waals surface area contributed by atoms with Gasteiger partial charge in [0.05, 0.1) is 19.1 Å². The van der Waals surface area contributed by atoms with Crippen LogP contribution in [0.2, 0.25) is 0 Å². The number of rotatable bonds is 3. The lowest BCUT2D eigenvalue weighted by atomic mass is 10.4. The smallest absolute Gasteiger partial charge is 0.269 e. The highest BCUT2D eigenvalue weighted by Gasteiger charge is 2.08. The highest BCUT2D eigenvalue weighted by atomic mass is 19.3. The zero-order valence-corrected chi connectivity index (χ0v) is 6.05. The Morgan fingerprint density at radius 1 is 1.75 bits per heavy atom. The van der Waals surface area contributed by atoms with Crippen molar-refractivity contribution in [3.8, 4) is 0 Å². The normalized spacial score (nSPS) is 10.2. The van der Waals surface area contributed by atoms with Crippen LogP contribution in [-0.2, 0) is 0 Å². The molecule has 1 aromatic heterocycles. The van der Waals surface area contributed by atoms with E-state index in [1.54, 1.807) is 0 Å². The molecular weight excluding hydrogens is 168 g/mol. The van der Waals surface area contributed by atoms with Gasteiger partial charge in [0.15, 0.2) is 0 Å². The fraction of sp³-hybridized carbons (Fsp3) is 0.333. The molecule has 2 N–H and O–H groups in total. The third-order valence-electron chi connectivity index (χ3n) is 1.16. The van der Waals surface area contributed by atoms with Crippen molar-refractivity contribution in [2.75, 3.05) is 6.54 Å². The summed E-state index contributed by atoms with van der Waals surface area (Å²) in [7, 11) is 0. The van der Waals surface area contributed by atoms with Gasteiger partial charge >= 0.3 is 0 Å². The van der Waals surface area contributed by atoms with Crippen LogP contribution in [0.4, 0.5) is 8.78 Å². The molecule has 0 aliphatic heterocycles. The number of aromatic nitrogens is 2. The molecule has 1 aromatic rings. The summed E-state index contributed by atoms with van der Waals surface area (Å²) in [6.07, 6.45) is 0.0369. The molecule has 1 heterocycles. The fourth-order valence-corrected chi connectivity index (χ4v) is 0.645. The second-order valence-electron chi connectivity index (χ2n) is 2.07. The number of aromatic amines is 1. The number of imidazole rings is 1. The minimum Gasteiger partial charge on any atom is -0.345 e. The van der Waals surface area contributed by atoms with Gasteiger partial charge in [0.2, 0.25) is 0 Å². The van der Waals surface area contributed by atoms with E-state index >= 15 is 0 Å². The van der Waals surface area contributed by atoms with Crippen LogP contribution in [-0.4, -0.2) is 28.8 Å². The summed E-state index contributed by atoms with van der Waals surface area (Å²) in [5.74, 6) is -0.576. The summed E-state index contributed by atoms with van der Waals surface area (Å²) in [5.41, 5.74) is 0.177. The number of H-pyrrole nitrogens is 1. The lowest BCUT2D eigenvalue weighted by Gasteiger charge is -2.00. The second-order valence-corrected chi connectivity index (χ2v) is 2.07. The Balaban J connectivity index is 2.40. The lowest BCUT2D eigenvalue weighted by Crippen LogP contribution is -2.28. The minimum absolute atomic E-state index is 0.177. The first-order valence-electron chi connectivity index (χ1n) is 3.25. The minimum atomic E-state index is -2.53. The van der Waals surface area contributed by atoms with Crippen LogP contribution in [0.3, 0.4) is 0 Å². The molecular formula is C6H7F2N3O. The monoisotopic (exact) mass is 175 g/mol. The molecule has 66 valence electrons. The Hall–Kier alpha value is -1.46. The first-order valence-corrected chi connectivity index (χ1v) is 3.25. The van der Waals surface area contributed by atoms with Crippen LogP contribution >= 0.6 is 0 Å². The van der Waals surface area contributed by atoms with Gasteiger partial charge in [0, 0.05) is 0 Å². The van der Waals surface area contributed by atoms with Crippen molar-refractivity contribution in [3.63, 3.8) is 0 Å². The topological polar surface area (TPSA) is 57.8 Å². The number of alkyl halides is 2. The van der Waals surface area contributed by atoms with Crippen LogP contribution in [0, 0.1) is 0 Å². The average Bonchev–Trinajstić information content (AvgIpc) is 2.51. The van der Waals surface area contributed by atoms with Gasteiger partial charge in [-0.2, -0.15) is 0 Å². The first kappa shape index (κ1) is 8.63. The van der Waals surface area contributed by atoms with Gasteiger partial charge in [-0.25, -0.2) is 13.8 Å². The third-order valence-corrected chi connectivity index (χ3v) is 1.16. The number of carbonyl (C=O) groups excluding carboxylic acids is 1. The molecule has 0 fully saturated rings. The van der Waals surface area contributed by atoms with E-state index in [1.165, 1.54) is 12.5 Å². The van der Waals surface area contributed by atoms with E-state index in [-0.39, 0.29) is 5.69 Å². The predicted molar refractivity (Wildman–Crippen MR) is 36.9 cm³/mol. The van der Waals surface area contributed by atoms with E-state index in [4.69, 9.17) is 0 Å². The van der Waals surface area contributed by atoms with Crippen LogP contribution in [0.25, 0.3) is 0 Å². The number of nitrogens with one attached hydrogen (secondary N) is 2. The average molecular weight is 175 g/mol. The molecule has 0 spiro atoms. The highest BCUT2D eigenvalue weighted by Crippen LogP contribution is 1.92. The summed E-state index contributed by atoms with van der Waals surface area (Å²) in [6, 6.07) is 0. The highest BCUT2D eigenvalue weighted by molar-refractivity contribution is 5.91. The van der Waals surface area contributed by atoms with Crippen molar-refractivity contribution < 1.29 is 13.6 Å². The van der Waals surface area contributed by atoms with Crippen LogP contribution in [0.15, 0.2) is 12.5 Å². The molecule has 12 heavy (non-hydrogen) atoms. The van der Waals surface area contributed by atoms with Crippen molar-refractivity contribution >= 4 is 5.91 Å². The van der Waals surface area contributed by atoms with E-state index in [0.29, 0.717) is 0 Å². The zero-order valence-electron chi connectivity index (χ0n) is 6.05. The van der Waals surface area contributed by atoms with Gasteiger partial charge in [-0.3, -0.25) is 4.79 Å². The number of halogens is 2. The molecule has 4 nitrogen and oxygen atoms in total. The molecule has 0 saturated heterocycles. The Bertz CT molecular complexity index is 247. The Kier molecular flexibility index (Phi) is 2.73. The maximum Gasteiger partial charge on any atom is 0.269 e. The molecule has 0 aliphatic carbocycles. The molecule has 0 aliphatic rings. The largest absolute Gasteiger partial charge is 0.345 e. The maximum atomic E-state index is 11.6. The molecule has 0 unspecified atom stereocenters. The number of carbonyl (C=O) groups is 1. The summed E-state index contributed by atoms with van der Waals surface area (Å²) in [6.45, 7) is -0.641. The van der Waals surface area contributed by atoms with Gasteiger partial charge in [-0.05, 0) is 0 Å². The summed E-state index contributed by atoms with van der Waals surface area (Å²) in [4.78, 5) is 17.0. The standard InChI is InChI=1S/C6H7F2N3O/c7-5(8)2-10-6(12)4-1-9-3-11-4/h1,3,5H,2H2,(H,9,11)(H,10,12). The number of hydrogen-bond donors (Lipinski definition) is 2. The van der Waals surface area contributed by atoms with E-state index in [9.17, 15) is 13.6 Å². The van der Waals surface area contributed by atoms with Gasteiger partial charge in [-0.1, -0.05) is 0 Å². The maximum absolute atomic E-state index is 11.6. The van der Waals surface area contributed by atoms with Gasteiger partial charge in [-0.15, -0.1) is 0 Å². The van der Waals surface area contributed by atoms with Gasteiger partial charge in [0.25, 0.3) is 12.3 Å².